The average molecular weight is 309 g/mol. The van der Waals surface area contributed by atoms with Crippen molar-refractivity contribution in [1.29, 1.82) is 0 Å². The molecule has 1 aromatic carbocycles. The van der Waals surface area contributed by atoms with Crippen LogP contribution in [0.1, 0.15) is 0 Å². The second-order valence-corrected chi connectivity index (χ2v) is 4.83. The highest BCUT2D eigenvalue weighted by Crippen LogP contribution is 2.16. The molecular formula is C15H17ClN2O3. The quantitative estimate of drug-likeness (QED) is 0.823. The molecule has 0 radical (unpaired) electrons. The van der Waals surface area contributed by atoms with Crippen LogP contribution in [-0.2, 0) is 0 Å². The highest BCUT2D eigenvalue weighted by atomic mass is 35.5. The first-order valence-corrected chi connectivity index (χ1v) is 6.85. The number of hydrogen-bond donors (Lipinski definition) is 2. The number of hydrogen-bond acceptors (Lipinski definition) is 5. The lowest BCUT2D eigenvalue weighted by atomic mass is 10.3. The number of pyridine rings is 1. The highest BCUT2D eigenvalue weighted by Gasteiger charge is 2.05. The fourth-order valence-corrected chi connectivity index (χ4v) is 1.75. The predicted octanol–water partition coefficient (Wildman–Crippen LogP) is 2.60. The number of ether oxygens (including phenoxy) is 2. The molecule has 2 N–H and O–H groups in total. The molecule has 21 heavy (non-hydrogen) atoms. The van der Waals surface area contributed by atoms with E-state index in [0.29, 0.717) is 23.2 Å². The molecule has 6 heteroatoms. The first-order valence-electron chi connectivity index (χ1n) is 6.47. The maximum absolute atomic E-state index is 9.87. The summed E-state index contributed by atoms with van der Waals surface area (Å²) in [6, 6.07) is 10.6. The van der Waals surface area contributed by atoms with Crippen molar-refractivity contribution in [1.82, 2.24) is 4.98 Å². The normalized spacial score (nSPS) is 11.8. The van der Waals surface area contributed by atoms with Gasteiger partial charge in [-0.2, -0.15) is 0 Å². The van der Waals surface area contributed by atoms with Gasteiger partial charge in [-0.25, -0.2) is 4.98 Å². The summed E-state index contributed by atoms with van der Waals surface area (Å²) in [5.74, 6) is 1.22. The third kappa shape index (κ3) is 5.13. The molecule has 0 aliphatic rings. The summed E-state index contributed by atoms with van der Waals surface area (Å²) < 4.78 is 10.4. The Morgan fingerprint density at radius 3 is 2.62 bits per heavy atom. The Morgan fingerprint density at radius 2 is 2.00 bits per heavy atom. The zero-order valence-electron chi connectivity index (χ0n) is 11.6. The van der Waals surface area contributed by atoms with Crippen LogP contribution in [0.2, 0.25) is 5.02 Å². The summed E-state index contributed by atoms with van der Waals surface area (Å²) in [5, 5.41) is 13.6. The molecule has 1 aromatic heterocycles. The van der Waals surface area contributed by atoms with Gasteiger partial charge in [-0.3, -0.25) is 0 Å². The van der Waals surface area contributed by atoms with Crippen LogP contribution in [0.5, 0.6) is 11.6 Å². The summed E-state index contributed by atoms with van der Waals surface area (Å²) in [6.07, 6.45) is 1.01. The van der Waals surface area contributed by atoms with Gasteiger partial charge in [0.15, 0.2) is 0 Å². The van der Waals surface area contributed by atoms with Crippen molar-refractivity contribution < 1.29 is 14.6 Å². The molecule has 0 amide bonds. The molecular weight excluding hydrogens is 292 g/mol. The largest absolute Gasteiger partial charge is 0.491 e. The van der Waals surface area contributed by atoms with Gasteiger partial charge in [-0.05, 0) is 30.3 Å². The lowest BCUT2D eigenvalue weighted by molar-refractivity contribution is 0.117. The van der Waals surface area contributed by atoms with Crippen LogP contribution >= 0.6 is 11.6 Å². The van der Waals surface area contributed by atoms with Gasteiger partial charge in [-0.15, -0.1) is 0 Å². The van der Waals surface area contributed by atoms with Crippen molar-refractivity contribution in [2.24, 2.45) is 0 Å². The lowest BCUT2D eigenvalue weighted by Gasteiger charge is -2.14. The van der Waals surface area contributed by atoms with Gasteiger partial charge in [0, 0.05) is 17.6 Å². The standard InChI is InChI=1S/C15H17ClN2O3/c1-20-15-7-4-12(8-18-15)17-9-13(19)10-21-14-5-2-11(16)3-6-14/h2-8,13,17,19H,9-10H2,1H3. The van der Waals surface area contributed by atoms with Gasteiger partial charge in [0.1, 0.15) is 18.5 Å². The molecule has 0 fully saturated rings. The van der Waals surface area contributed by atoms with Crippen LogP contribution in [0.15, 0.2) is 42.6 Å². The van der Waals surface area contributed by atoms with Gasteiger partial charge in [0.2, 0.25) is 5.88 Å². The summed E-state index contributed by atoms with van der Waals surface area (Å²) in [6.45, 7) is 0.555. The zero-order chi connectivity index (χ0) is 15.1. The predicted molar refractivity (Wildman–Crippen MR) is 82.2 cm³/mol. The van der Waals surface area contributed by atoms with Gasteiger partial charge in [0.25, 0.3) is 0 Å². The van der Waals surface area contributed by atoms with Gasteiger partial charge in [-0.1, -0.05) is 11.6 Å². The molecule has 1 unspecified atom stereocenters. The molecule has 0 aliphatic carbocycles. The van der Waals surface area contributed by atoms with Gasteiger partial charge >= 0.3 is 0 Å². The fraction of sp³-hybridized carbons (Fsp3) is 0.267. The smallest absolute Gasteiger partial charge is 0.213 e. The van der Waals surface area contributed by atoms with E-state index in [-0.39, 0.29) is 6.61 Å². The number of nitrogens with one attached hydrogen (secondary N) is 1. The van der Waals surface area contributed by atoms with Crippen molar-refractivity contribution in [3.63, 3.8) is 0 Å². The molecule has 0 spiro atoms. The third-order valence-corrected chi connectivity index (χ3v) is 3.00. The SMILES string of the molecule is COc1ccc(NCC(O)COc2ccc(Cl)cc2)cn1. The number of halogens is 1. The average Bonchev–Trinajstić information content (AvgIpc) is 2.53. The van der Waals surface area contributed by atoms with Crippen molar-refractivity contribution in [2.45, 2.75) is 6.10 Å². The molecule has 112 valence electrons. The first kappa shape index (κ1) is 15.4. The summed E-state index contributed by atoms with van der Waals surface area (Å²) in [4.78, 5) is 4.07. The van der Waals surface area contributed by atoms with Gasteiger partial charge < -0.3 is 19.9 Å². The molecule has 5 nitrogen and oxygen atoms in total. The number of aliphatic hydroxyl groups excluding tert-OH is 1. The van der Waals surface area contributed by atoms with Crippen LogP contribution < -0.4 is 14.8 Å². The molecule has 2 aromatic rings. The Labute approximate surface area is 128 Å². The van der Waals surface area contributed by atoms with Crippen molar-refractivity contribution in [3.8, 4) is 11.6 Å². The van der Waals surface area contributed by atoms with Crippen LogP contribution in [-0.4, -0.2) is 36.5 Å². The van der Waals surface area contributed by atoms with E-state index >= 15 is 0 Å². The summed E-state index contributed by atoms with van der Waals surface area (Å²) in [7, 11) is 1.56. The minimum Gasteiger partial charge on any atom is -0.491 e. The molecule has 1 atom stereocenters. The number of anilines is 1. The van der Waals surface area contributed by atoms with E-state index in [9.17, 15) is 5.11 Å². The zero-order valence-corrected chi connectivity index (χ0v) is 12.4. The van der Waals surface area contributed by atoms with Crippen molar-refractivity contribution >= 4 is 17.3 Å². The maximum atomic E-state index is 9.87. The lowest BCUT2D eigenvalue weighted by Crippen LogP contribution is -2.26. The maximum Gasteiger partial charge on any atom is 0.213 e. The first-order chi connectivity index (χ1) is 10.2. The van der Waals surface area contributed by atoms with Crippen LogP contribution in [0.25, 0.3) is 0 Å². The van der Waals surface area contributed by atoms with E-state index in [4.69, 9.17) is 21.1 Å². The second-order valence-electron chi connectivity index (χ2n) is 4.39. The minimum atomic E-state index is -0.636. The summed E-state index contributed by atoms with van der Waals surface area (Å²) in [5.41, 5.74) is 0.807. The Balaban J connectivity index is 1.73. The summed E-state index contributed by atoms with van der Waals surface area (Å²) >= 11 is 5.78. The van der Waals surface area contributed by atoms with E-state index in [2.05, 4.69) is 10.3 Å². The van der Waals surface area contributed by atoms with E-state index in [1.54, 1.807) is 43.6 Å². The van der Waals surface area contributed by atoms with Gasteiger partial charge in [0.05, 0.1) is 19.0 Å². The van der Waals surface area contributed by atoms with E-state index in [1.807, 2.05) is 6.07 Å². The fourth-order valence-electron chi connectivity index (χ4n) is 1.62. The number of aromatic nitrogens is 1. The number of methoxy groups -OCH3 is 1. The molecule has 0 aliphatic heterocycles. The number of nitrogens with zero attached hydrogens (tertiary/aromatic N) is 1. The van der Waals surface area contributed by atoms with Crippen LogP contribution in [0, 0.1) is 0 Å². The Morgan fingerprint density at radius 1 is 1.24 bits per heavy atom. The van der Waals surface area contributed by atoms with E-state index in [1.165, 1.54) is 0 Å². The molecule has 1 heterocycles. The Hall–Kier alpha value is -1.98. The topological polar surface area (TPSA) is 63.6 Å². The Kier molecular flexibility index (Phi) is 5.66. The third-order valence-electron chi connectivity index (χ3n) is 2.74. The monoisotopic (exact) mass is 308 g/mol. The van der Waals surface area contributed by atoms with Crippen molar-refractivity contribution in [3.05, 3.63) is 47.6 Å². The molecule has 0 saturated heterocycles. The molecule has 0 bridgehead atoms. The van der Waals surface area contributed by atoms with Crippen molar-refractivity contribution in [2.75, 3.05) is 25.6 Å². The molecule has 2 rings (SSSR count). The number of aliphatic hydroxyl groups is 1. The molecule has 0 saturated carbocycles. The Bertz CT molecular complexity index is 546. The second kappa shape index (κ2) is 7.71. The van der Waals surface area contributed by atoms with Crippen LogP contribution in [0.3, 0.4) is 0 Å². The van der Waals surface area contributed by atoms with E-state index in [0.717, 1.165) is 5.69 Å². The number of rotatable bonds is 7. The minimum absolute atomic E-state index is 0.193. The van der Waals surface area contributed by atoms with E-state index < -0.39 is 6.10 Å². The van der Waals surface area contributed by atoms with Crippen LogP contribution in [0.4, 0.5) is 5.69 Å². The number of benzene rings is 1. The highest BCUT2D eigenvalue weighted by molar-refractivity contribution is 6.30.